The van der Waals surface area contributed by atoms with Gasteiger partial charge in [-0.25, -0.2) is 0 Å². The third kappa shape index (κ3) is 2.48. The van der Waals surface area contributed by atoms with Crippen molar-refractivity contribution in [2.75, 3.05) is 0 Å². The summed E-state index contributed by atoms with van der Waals surface area (Å²) in [6.07, 6.45) is 2.89. The maximum Gasteiger partial charge on any atom is 0.0485 e. The van der Waals surface area contributed by atoms with E-state index >= 15 is 0 Å². The lowest BCUT2D eigenvalue weighted by Crippen LogP contribution is -2.28. The summed E-state index contributed by atoms with van der Waals surface area (Å²) in [5.41, 5.74) is 3.71. The van der Waals surface area contributed by atoms with Gasteiger partial charge in [-0.3, -0.25) is 0 Å². The smallest absolute Gasteiger partial charge is 0.0485 e. The summed E-state index contributed by atoms with van der Waals surface area (Å²) >= 11 is 0. The molecule has 3 aromatic rings. The topological polar surface area (TPSA) is 0 Å². The number of benzene rings is 3. The molecule has 22 heavy (non-hydrogen) atoms. The van der Waals surface area contributed by atoms with Gasteiger partial charge < -0.3 is 0 Å². The monoisotopic (exact) mass is 284 g/mol. The minimum Gasteiger partial charge on any atom is -0.103 e. The summed E-state index contributed by atoms with van der Waals surface area (Å²) in [7, 11) is 0. The van der Waals surface area contributed by atoms with Gasteiger partial charge in [-0.15, -0.1) is 6.58 Å². The Balaban J connectivity index is 2.31. The summed E-state index contributed by atoms with van der Waals surface area (Å²) in [6.45, 7) is 4.02. The molecule has 0 bridgehead atoms. The lowest BCUT2D eigenvalue weighted by atomic mass is 9.67. The molecule has 0 aliphatic rings. The molecule has 0 saturated carbocycles. The van der Waals surface area contributed by atoms with Gasteiger partial charge in [0.15, 0.2) is 0 Å². The Morgan fingerprint density at radius 2 is 0.909 bits per heavy atom. The van der Waals surface area contributed by atoms with Crippen molar-refractivity contribution in [2.45, 2.75) is 11.8 Å². The summed E-state index contributed by atoms with van der Waals surface area (Å²) < 4.78 is 0. The Kier molecular flexibility index (Phi) is 4.20. The number of rotatable bonds is 5. The van der Waals surface area contributed by atoms with Gasteiger partial charge in [0, 0.05) is 5.41 Å². The first-order valence-corrected chi connectivity index (χ1v) is 7.65. The van der Waals surface area contributed by atoms with Crippen LogP contribution in [-0.2, 0) is 5.41 Å². The number of allylic oxidation sites excluding steroid dienone is 1. The molecule has 0 spiro atoms. The minimum absolute atomic E-state index is 0.189. The highest BCUT2D eigenvalue weighted by Gasteiger charge is 2.34. The van der Waals surface area contributed by atoms with Crippen molar-refractivity contribution in [1.29, 1.82) is 0 Å². The zero-order valence-electron chi connectivity index (χ0n) is 12.7. The molecular weight excluding hydrogens is 264 g/mol. The Morgan fingerprint density at radius 3 is 1.18 bits per heavy atom. The first kappa shape index (κ1) is 14.3. The Hall–Kier alpha value is -2.60. The average Bonchev–Trinajstić information content (AvgIpc) is 2.62. The fourth-order valence-corrected chi connectivity index (χ4v) is 3.24. The van der Waals surface area contributed by atoms with Crippen LogP contribution in [0.15, 0.2) is 104 Å². The zero-order chi connectivity index (χ0) is 15.3. The molecule has 0 saturated heterocycles. The second-order valence-corrected chi connectivity index (χ2v) is 5.50. The molecule has 0 radical (unpaired) electrons. The van der Waals surface area contributed by atoms with Crippen LogP contribution in [-0.4, -0.2) is 0 Å². The maximum atomic E-state index is 4.02. The SMILES string of the molecule is C=CCC(c1ccccc1)(c1ccccc1)c1ccccc1. The molecule has 0 nitrogen and oxygen atoms in total. The van der Waals surface area contributed by atoms with Gasteiger partial charge in [0.1, 0.15) is 0 Å². The van der Waals surface area contributed by atoms with Crippen LogP contribution in [0.5, 0.6) is 0 Å². The molecule has 0 fully saturated rings. The molecule has 0 heterocycles. The van der Waals surface area contributed by atoms with E-state index in [1.807, 2.05) is 6.08 Å². The fourth-order valence-electron chi connectivity index (χ4n) is 3.24. The predicted octanol–water partition coefficient (Wildman–Crippen LogP) is 5.60. The fraction of sp³-hybridized carbons (Fsp3) is 0.0909. The standard InChI is InChI=1S/C22H20/c1-2-18-22(19-12-6-3-7-13-19,20-14-8-4-9-15-20)21-16-10-5-11-17-21/h2-17H,1,18H2. The van der Waals surface area contributed by atoms with E-state index in [0.29, 0.717) is 0 Å². The van der Waals surface area contributed by atoms with Crippen LogP contribution in [0.2, 0.25) is 0 Å². The molecular formula is C22H20. The van der Waals surface area contributed by atoms with E-state index in [2.05, 4.69) is 97.6 Å². The molecule has 108 valence electrons. The quantitative estimate of drug-likeness (QED) is 0.423. The molecule has 0 atom stereocenters. The van der Waals surface area contributed by atoms with Gasteiger partial charge in [-0.2, -0.15) is 0 Å². The highest BCUT2D eigenvalue weighted by molar-refractivity contribution is 5.50. The summed E-state index contributed by atoms with van der Waals surface area (Å²) in [6, 6.07) is 32.1. The lowest BCUT2D eigenvalue weighted by Gasteiger charge is -2.35. The molecule has 3 aromatic carbocycles. The second-order valence-electron chi connectivity index (χ2n) is 5.50. The van der Waals surface area contributed by atoms with Crippen molar-refractivity contribution < 1.29 is 0 Å². The van der Waals surface area contributed by atoms with Gasteiger partial charge in [0.25, 0.3) is 0 Å². The highest BCUT2D eigenvalue weighted by Crippen LogP contribution is 2.42. The molecule has 0 aliphatic carbocycles. The Morgan fingerprint density at radius 1 is 0.591 bits per heavy atom. The van der Waals surface area contributed by atoms with Crippen molar-refractivity contribution in [3.8, 4) is 0 Å². The van der Waals surface area contributed by atoms with E-state index in [1.165, 1.54) is 16.7 Å². The minimum atomic E-state index is -0.189. The van der Waals surface area contributed by atoms with E-state index in [-0.39, 0.29) is 5.41 Å². The predicted molar refractivity (Wildman–Crippen MR) is 94.0 cm³/mol. The van der Waals surface area contributed by atoms with Gasteiger partial charge >= 0.3 is 0 Å². The Bertz CT molecular complexity index is 615. The number of hydrogen-bond acceptors (Lipinski definition) is 0. The van der Waals surface area contributed by atoms with E-state index in [0.717, 1.165) is 6.42 Å². The van der Waals surface area contributed by atoms with Crippen LogP contribution >= 0.6 is 0 Å². The molecule has 0 heteroatoms. The lowest BCUT2D eigenvalue weighted by molar-refractivity contribution is 0.628. The van der Waals surface area contributed by atoms with Crippen LogP contribution in [0.25, 0.3) is 0 Å². The molecule has 3 rings (SSSR count). The molecule has 0 amide bonds. The zero-order valence-corrected chi connectivity index (χ0v) is 12.7. The van der Waals surface area contributed by atoms with Crippen molar-refractivity contribution >= 4 is 0 Å². The van der Waals surface area contributed by atoms with Crippen molar-refractivity contribution in [1.82, 2.24) is 0 Å². The van der Waals surface area contributed by atoms with Crippen LogP contribution < -0.4 is 0 Å². The second kappa shape index (κ2) is 6.44. The van der Waals surface area contributed by atoms with Gasteiger partial charge in [0.2, 0.25) is 0 Å². The van der Waals surface area contributed by atoms with Crippen LogP contribution in [0, 0.1) is 0 Å². The molecule has 0 aliphatic heterocycles. The van der Waals surface area contributed by atoms with E-state index in [1.54, 1.807) is 0 Å². The third-order valence-electron chi connectivity index (χ3n) is 4.25. The first-order valence-electron chi connectivity index (χ1n) is 7.65. The maximum absolute atomic E-state index is 4.02. The van der Waals surface area contributed by atoms with Gasteiger partial charge in [0.05, 0.1) is 0 Å². The van der Waals surface area contributed by atoms with Gasteiger partial charge in [-0.1, -0.05) is 97.1 Å². The van der Waals surface area contributed by atoms with Crippen molar-refractivity contribution in [3.63, 3.8) is 0 Å². The first-order chi connectivity index (χ1) is 10.9. The molecule has 0 N–H and O–H groups in total. The molecule has 0 aromatic heterocycles. The average molecular weight is 284 g/mol. The highest BCUT2D eigenvalue weighted by atomic mass is 14.4. The van der Waals surface area contributed by atoms with E-state index < -0.39 is 0 Å². The summed E-state index contributed by atoms with van der Waals surface area (Å²) in [5, 5.41) is 0. The largest absolute Gasteiger partial charge is 0.103 e. The normalized spacial score (nSPS) is 11.1. The van der Waals surface area contributed by atoms with Gasteiger partial charge in [-0.05, 0) is 23.1 Å². The van der Waals surface area contributed by atoms with Crippen molar-refractivity contribution in [2.24, 2.45) is 0 Å². The summed E-state index contributed by atoms with van der Waals surface area (Å²) in [4.78, 5) is 0. The van der Waals surface area contributed by atoms with Crippen LogP contribution in [0.4, 0.5) is 0 Å². The molecule has 0 unspecified atom stereocenters. The van der Waals surface area contributed by atoms with Crippen LogP contribution in [0.1, 0.15) is 23.1 Å². The Labute approximate surface area is 132 Å². The summed E-state index contributed by atoms with van der Waals surface area (Å²) in [5.74, 6) is 0. The number of hydrogen-bond donors (Lipinski definition) is 0. The van der Waals surface area contributed by atoms with Crippen molar-refractivity contribution in [3.05, 3.63) is 120 Å². The van der Waals surface area contributed by atoms with Crippen LogP contribution in [0.3, 0.4) is 0 Å². The van der Waals surface area contributed by atoms with E-state index in [9.17, 15) is 0 Å². The van der Waals surface area contributed by atoms with E-state index in [4.69, 9.17) is 0 Å². The third-order valence-corrected chi connectivity index (χ3v) is 4.25.